The second kappa shape index (κ2) is 6.54. The van der Waals surface area contributed by atoms with Crippen LogP contribution in [0.5, 0.6) is 0 Å². The highest BCUT2D eigenvalue weighted by Crippen LogP contribution is 2.25. The van der Waals surface area contributed by atoms with Crippen LogP contribution >= 0.6 is 11.6 Å². The van der Waals surface area contributed by atoms with Crippen LogP contribution in [0.3, 0.4) is 0 Å². The van der Waals surface area contributed by atoms with E-state index in [1.165, 1.54) is 0 Å². The number of hydrogen-bond acceptors (Lipinski definition) is 2. The minimum Gasteiger partial charge on any atom is -0.298 e. The van der Waals surface area contributed by atoms with Crippen LogP contribution in [0.1, 0.15) is 5.56 Å². The number of para-hydroxylation sites is 1. The molecule has 5 nitrogen and oxygen atoms in total. The summed E-state index contributed by atoms with van der Waals surface area (Å²) in [7, 11) is 0. The normalized spacial score (nSPS) is 11.8. The molecule has 0 fully saturated rings. The highest BCUT2D eigenvalue weighted by Gasteiger charge is 2.11. The number of hydrogen-bond donors (Lipinski definition) is 2. The standard InChI is InChI=1S/C20H15ClN4O/c1-13-18(20(26)23-22-13)11-15-12-25(17-5-3-2-4-6-17)24-19(15)14-7-9-16(21)10-8-14/h2-12,22H,1H2,(H,23,26)/b18-11-. The van der Waals surface area contributed by atoms with Gasteiger partial charge in [0.25, 0.3) is 5.56 Å². The second-order valence-corrected chi connectivity index (χ2v) is 6.27. The predicted octanol–water partition coefficient (Wildman–Crippen LogP) is 2.45. The molecule has 2 heterocycles. The van der Waals surface area contributed by atoms with E-state index in [0.29, 0.717) is 15.6 Å². The third kappa shape index (κ3) is 3.00. The minimum atomic E-state index is -0.218. The third-order valence-electron chi connectivity index (χ3n) is 4.08. The molecular formula is C20H15ClN4O. The quantitative estimate of drug-likeness (QED) is 0.588. The first-order valence-electron chi connectivity index (χ1n) is 8.00. The molecular weight excluding hydrogens is 348 g/mol. The lowest BCUT2D eigenvalue weighted by Gasteiger charge is -2.00. The van der Waals surface area contributed by atoms with Gasteiger partial charge in [-0.15, -0.1) is 0 Å². The summed E-state index contributed by atoms with van der Waals surface area (Å²) < 4.78 is 1.79. The van der Waals surface area contributed by atoms with Gasteiger partial charge in [-0.3, -0.25) is 15.0 Å². The Morgan fingerprint density at radius 3 is 2.42 bits per heavy atom. The first-order chi connectivity index (χ1) is 12.6. The predicted molar refractivity (Wildman–Crippen MR) is 104 cm³/mol. The zero-order valence-corrected chi connectivity index (χ0v) is 14.5. The van der Waals surface area contributed by atoms with E-state index < -0.39 is 0 Å². The molecule has 26 heavy (non-hydrogen) atoms. The monoisotopic (exact) mass is 362 g/mol. The molecule has 4 aromatic rings. The van der Waals surface area contributed by atoms with Crippen molar-refractivity contribution in [3.63, 3.8) is 0 Å². The van der Waals surface area contributed by atoms with Gasteiger partial charge < -0.3 is 0 Å². The Balaban J connectivity index is 1.96. The Labute approximate surface area is 153 Å². The molecule has 0 atom stereocenters. The van der Waals surface area contributed by atoms with Gasteiger partial charge in [0.1, 0.15) is 0 Å². The minimum absolute atomic E-state index is 0.218. The maximum absolute atomic E-state index is 12.0. The van der Waals surface area contributed by atoms with Crippen molar-refractivity contribution < 1.29 is 0 Å². The average molecular weight is 363 g/mol. The van der Waals surface area contributed by atoms with Crippen molar-refractivity contribution in [1.29, 1.82) is 0 Å². The van der Waals surface area contributed by atoms with Gasteiger partial charge in [-0.05, 0) is 30.3 Å². The van der Waals surface area contributed by atoms with E-state index in [1.807, 2.05) is 60.8 Å². The molecule has 0 saturated carbocycles. The van der Waals surface area contributed by atoms with Crippen molar-refractivity contribution in [3.8, 4) is 16.9 Å². The van der Waals surface area contributed by atoms with Crippen LogP contribution in [-0.4, -0.2) is 20.0 Å². The van der Waals surface area contributed by atoms with E-state index >= 15 is 0 Å². The summed E-state index contributed by atoms with van der Waals surface area (Å²) in [6.07, 6.45) is 3.68. The van der Waals surface area contributed by atoms with Crippen LogP contribution < -0.4 is 16.1 Å². The van der Waals surface area contributed by atoms with Crippen LogP contribution in [0.25, 0.3) is 29.6 Å². The van der Waals surface area contributed by atoms with Gasteiger partial charge in [0, 0.05) is 22.3 Å². The van der Waals surface area contributed by atoms with Crippen molar-refractivity contribution in [2.75, 3.05) is 0 Å². The van der Waals surface area contributed by atoms with Crippen LogP contribution in [0, 0.1) is 0 Å². The Bertz CT molecular complexity index is 1190. The molecule has 4 rings (SSSR count). The first-order valence-corrected chi connectivity index (χ1v) is 8.38. The van der Waals surface area contributed by atoms with E-state index in [1.54, 1.807) is 10.8 Å². The van der Waals surface area contributed by atoms with Crippen LogP contribution in [0.2, 0.25) is 5.02 Å². The van der Waals surface area contributed by atoms with E-state index in [0.717, 1.165) is 22.5 Å². The van der Waals surface area contributed by atoms with Crippen molar-refractivity contribution in [2.24, 2.45) is 0 Å². The summed E-state index contributed by atoms with van der Waals surface area (Å²) >= 11 is 6.01. The van der Waals surface area contributed by atoms with Gasteiger partial charge in [-0.25, -0.2) is 4.68 Å². The number of aromatic amines is 2. The molecule has 0 aliphatic rings. The zero-order valence-electron chi connectivity index (χ0n) is 13.7. The van der Waals surface area contributed by atoms with E-state index in [9.17, 15) is 4.79 Å². The third-order valence-corrected chi connectivity index (χ3v) is 4.33. The molecule has 0 aliphatic carbocycles. The Morgan fingerprint density at radius 2 is 1.77 bits per heavy atom. The fourth-order valence-electron chi connectivity index (χ4n) is 2.75. The molecule has 2 aromatic carbocycles. The molecule has 0 amide bonds. The first kappa shape index (κ1) is 16.2. The maximum atomic E-state index is 12.0. The molecule has 0 bridgehead atoms. The number of rotatable bonds is 3. The lowest BCUT2D eigenvalue weighted by Crippen LogP contribution is -2.32. The fraction of sp³-hybridized carbons (Fsp3) is 0. The summed E-state index contributed by atoms with van der Waals surface area (Å²) in [4.78, 5) is 12.0. The van der Waals surface area contributed by atoms with E-state index in [-0.39, 0.29) is 5.56 Å². The van der Waals surface area contributed by atoms with Crippen molar-refractivity contribution in [3.05, 3.63) is 92.3 Å². The van der Waals surface area contributed by atoms with Gasteiger partial charge in [0.15, 0.2) is 0 Å². The molecule has 128 valence electrons. The molecule has 0 radical (unpaired) electrons. The van der Waals surface area contributed by atoms with Crippen molar-refractivity contribution in [2.45, 2.75) is 0 Å². The van der Waals surface area contributed by atoms with Crippen LogP contribution in [0.15, 0.2) is 65.6 Å². The molecule has 0 saturated heterocycles. The van der Waals surface area contributed by atoms with E-state index in [4.69, 9.17) is 16.7 Å². The van der Waals surface area contributed by atoms with Gasteiger partial charge >= 0.3 is 0 Å². The number of halogens is 1. The number of aromatic nitrogens is 4. The number of benzene rings is 2. The Morgan fingerprint density at radius 1 is 1.04 bits per heavy atom. The van der Waals surface area contributed by atoms with Gasteiger partial charge in [-0.2, -0.15) is 5.10 Å². The summed E-state index contributed by atoms with van der Waals surface area (Å²) in [5, 5.41) is 11.7. The molecule has 6 heteroatoms. The molecule has 2 aromatic heterocycles. The number of nitrogens with one attached hydrogen (secondary N) is 2. The fourth-order valence-corrected chi connectivity index (χ4v) is 2.88. The number of nitrogens with zero attached hydrogens (tertiary/aromatic N) is 2. The smallest absolute Gasteiger partial charge is 0.271 e. The van der Waals surface area contributed by atoms with Gasteiger partial charge in [0.05, 0.1) is 21.9 Å². The maximum Gasteiger partial charge on any atom is 0.271 e. The van der Waals surface area contributed by atoms with Gasteiger partial charge in [-0.1, -0.05) is 48.5 Å². The average Bonchev–Trinajstić information content (AvgIpc) is 3.22. The topological polar surface area (TPSA) is 66.5 Å². The van der Waals surface area contributed by atoms with Crippen molar-refractivity contribution >= 4 is 24.3 Å². The molecule has 2 N–H and O–H groups in total. The zero-order chi connectivity index (χ0) is 18.1. The number of H-pyrrole nitrogens is 2. The lowest BCUT2D eigenvalue weighted by atomic mass is 10.1. The van der Waals surface area contributed by atoms with Crippen LogP contribution in [0.4, 0.5) is 0 Å². The van der Waals surface area contributed by atoms with Gasteiger partial charge in [0.2, 0.25) is 0 Å². The SMILES string of the molecule is C=c1[nH][nH]c(=O)/c1=C\c1cn(-c2ccccc2)nc1-c1ccc(Cl)cc1. The summed E-state index contributed by atoms with van der Waals surface area (Å²) in [5.41, 5.74) is 3.19. The lowest BCUT2D eigenvalue weighted by molar-refractivity contribution is 0.884. The Hall–Kier alpha value is -3.31. The largest absolute Gasteiger partial charge is 0.298 e. The van der Waals surface area contributed by atoms with Crippen LogP contribution in [-0.2, 0) is 0 Å². The Kier molecular flexibility index (Phi) is 4.07. The highest BCUT2D eigenvalue weighted by atomic mass is 35.5. The van der Waals surface area contributed by atoms with Crippen molar-refractivity contribution in [1.82, 2.24) is 20.0 Å². The molecule has 0 aliphatic heterocycles. The van der Waals surface area contributed by atoms with E-state index in [2.05, 4.69) is 16.8 Å². The molecule has 0 unspecified atom stereocenters. The summed E-state index contributed by atoms with van der Waals surface area (Å²) in [5.74, 6) is 0. The summed E-state index contributed by atoms with van der Waals surface area (Å²) in [6.45, 7) is 3.85. The summed E-state index contributed by atoms with van der Waals surface area (Å²) in [6, 6.07) is 17.2. The second-order valence-electron chi connectivity index (χ2n) is 5.84. The molecule has 0 spiro atoms. The highest BCUT2D eigenvalue weighted by molar-refractivity contribution is 6.30.